The molecule has 0 fully saturated rings. The Hall–Kier alpha value is -1.68. The molecule has 0 radical (unpaired) electrons. The van der Waals surface area contributed by atoms with E-state index in [-0.39, 0.29) is 6.61 Å². The van der Waals surface area contributed by atoms with E-state index in [1.54, 1.807) is 6.07 Å². The van der Waals surface area contributed by atoms with E-state index in [9.17, 15) is 0 Å². The molecule has 86 valence electrons. The van der Waals surface area contributed by atoms with Crippen molar-refractivity contribution in [2.75, 3.05) is 5.43 Å². The number of hydrogen-bond acceptors (Lipinski definition) is 3. The smallest absolute Gasteiger partial charge is 0.129 e. The Morgan fingerprint density at radius 2 is 1.75 bits per heavy atom. The van der Waals surface area contributed by atoms with E-state index in [0.717, 1.165) is 17.1 Å². The number of nitrogens with one attached hydrogen (secondary N) is 1. The number of furan rings is 1. The van der Waals surface area contributed by atoms with Crippen LogP contribution in [-0.2, 0) is 13.2 Å². The largest absolute Gasteiger partial charge is 0.462 e. The first-order chi connectivity index (χ1) is 7.70. The quantitative estimate of drug-likeness (QED) is 0.827. The third kappa shape index (κ3) is 2.12. The number of hydrogen-bond donors (Lipinski definition) is 2. The molecular formula is C12H16N2O2. The Bertz CT molecular complexity index is 452. The fourth-order valence-electron chi connectivity index (χ4n) is 1.68. The minimum Gasteiger partial charge on any atom is -0.462 e. The molecule has 0 aliphatic rings. The predicted molar refractivity (Wildman–Crippen MR) is 61.6 cm³/mol. The molecule has 0 spiro atoms. The summed E-state index contributed by atoms with van der Waals surface area (Å²) in [7, 11) is 0. The fraction of sp³-hybridized carbons (Fsp3) is 0.333. The molecule has 0 aliphatic carbocycles. The standard InChI is InChI=1S/C12H16N2O2/c1-9-3-4-10(2)14(9)13-7-11-5-6-12(8-15)16-11/h3-6,13,15H,7-8H2,1-2H3. The van der Waals surface area contributed by atoms with Gasteiger partial charge in [0.25, 0.3) is 0 Å². The van der Waals surface area contributed by atoms with Gasteiger partial charge in [0.15, 0.2) is 0 Å². The molecule has 2 aromatic rings. The van der Waals surface area contributed by atoms with Crippen LogP contribution in [0, 0.1) is 13.8 Å². The van der Waals surface area contributed by atoms with Crippen molar-refractivity contribution in [3.63, 3.8) is 0 Å². The van der Waals surface area contributed by atoms with Gasteiger partial charge in [-0.1, -0.05) is 0 Å². The molecule has 2 aromatic heterocycles. The van der Waals surface area contributed by atoms with Gasteiger partial charge in [0.1, 0.15) is 18.1 Å². The first-order valence-electron chi connectivity index (χ1n) is 5.28. The van der Waals surface area contributed by atoms with Gasteiger partial charge in [0.05, 0.1) is 6.54 Å². The molecule has 0 bridgehead atoms. The number of aliphatic hydroxyl groups excluding tert-OH is 1. The zero-order chi connectivity index (χ0) is 11.5. The maximum atomic E-state index is 8.87. The first kappa shape index (κ1) is 10.8. The Morgan fingerprint density at radius 3 is 2.31 bits per heavy atom. The SMILES string of the molecule is Cc1ccc(C)n1NCc1ccc(CO)o1. The molecule has 4 nitrogen and oxygen atoms in total. The Labute approximate surface area is 94.5 Å². The average molecular weight is 220 g/mol. The van der Waals surface area contributed by atoms with Gasteiger partial charge in [-0.25, -0.2) is 0 Å². The lowest BCUT2D eigenvalue weighted by Gasteiger charge is -2.10. The molecule has 4 heteroatoms. The van der Waals surface area contributed by atoms with E-state index in [0.29, 0.717) is 12.3 Å². The van der Waals surface area contributed by atoms with Crippen LogP contribution in [-0.4, -0.2) is 9.78 Å². The molecule has 0 saturated heterocycles. The Morgan fingerprint density at radius 1 is 1.12 bits per heavy atom. The van der Waals surface area contributed by atoms with Crippen molar-refractivity contribution in [2.45, 2.75) is 27.0 Å². The second-order valence-corrected chi connectivity index (χ2v) is 3.81. The lowest BCUT2D eigenvalue weighted by Crippen LogP contribution is -2.16. The molecule has 0 unspecified atom stereocenters. The number of aryl methyl sites for hydroxylation is 2. The third-order valence-electron chi connectivity index (χ3n) is 2.56. The predicted octanol–water partition coefficient (Wildman–Crippen LogP) is 1.93. The number of nitrogens with zero attached hydrogens (tertiary/aromatic N) is 1. The molecule has 2 rings (SSSR count). The highest BCUT2D eigenvalue weighted by atomic mass is 16.4. The first-order valence-corrected chi connectivity index (χ1v) is 5.28. The lowest BCUT2D eigenvalue weighted by molar-refractivity contribution is 0.243. The van der Waals surface area contributed by atoms with Crippen molar-refractivity contribution < 1.29 is 9.52 Å². The van der Waals surface area contributed by atoms with Crippen LogP contribution in [0.15, 0.2) is 28.7 Å². The second-order valence-electron chi connectivity index (χ2n) is 3.81. The average Bonchev–Trinajstić information content (AvgIpc) is 2.85. The lowest BCUT2D eigenvalue weighted by atomic mass is 10.4. The van der Waals surface area contributed by atoms with Crippen molar-refractivity contribution in [3.05, 3.63) is 47.2 Å². The van der Waals surface area contributed by atoms with E-state index >= 15 is 0 Å². The summed E-state index contributed by atoms with van der Waals surface area (Å²) < 4.78 is 7.40. The van der Waals surface area contributed by atoms with Crippen molar-refractivity contribution in [1.82, 2.24) is 4.68 Å². The molecule has 2 N–H and O–H groups in total. The minimum atomic E-state index is -0.0540. The van der Waals surface area contributed by atoms with E-state index < -0.39 is 0 Å². The Kier molecular flexibility index (Phi) is 3.01. The van der Waals surface area contributed by atoms with E-state index in [1.807, 2.05) is 24.6 Å². The molecule has 0 saturated carbocycles. The third-order valence-corrected chi connectivity index (χ3v) is 2.56. The molecule has 2 heterocycles. The summed E-state index contributed by atoms with van der Waals surface area (Å²) in [6, 6.07) is 7.77. The maximum absolute atomic E-state index is 8.87. The number of aromatic nitrogens is 1. The van der Waals surface area contributed by atoms with Gasteiger partial charge in [0, 0.05) is 11.4 Å². The van der Waals surface area contributed by atoms with Crippen molar-refractivity contribution in [1.29, 1.82) is 0 Å². The van der Waals surface area contributed by atoms with Crippen LogP contribution in [0.5, 0.6) is 0 Å². The summed E-state index contributed by atoms with van der Waals surface area (Å²) in [4.78, 5) is 0. The Balaban J connectivity index is 2.02. The molecule has 0 amide bonds. The van der Waals surface area contributed by atoms with Gasteiger partial charge in [-0.05, 0) is 38.1 Å². The minimum absolute atomic E-state index is 0.0540. The van der Waals surface area contributed by atoms with Crippen LogP contribution in [0.25, 0.3) is 0 Å². The molecule has 0 atom stereocenters. The van der Waals surface area contributed by atoms with Crippen LogP contribution in [0.4, 0.5) is 0 Å². The van der Waals surface area contributed by atoms with Crippen LogP contribution < -0.4 is 5.43 Å². The van der Waals surface area contributed by atoms with Crippen molar-refractivity contribution in [2.24, 2.45) is 0 Å². The van der Waals surface area contributed by atoms with Crippen LogP contribution in [0.2, 0.25) is 0 Å². The summed E-state index contributed by atoms with van der Waals surface area (Å²) in [6.07, 6.45) is 0. The highest BCUT2D eigenvalue weighted by molar-refractivity contribution is 5.16. The van der Waals surface area contributed by atoms with Gasteiger partial charge in [-0.2, -0.15) is 0 Å². The highest BCUT2D eigenvalue weighted by Crippen LogP contribution is 2.09. The number of aliphatic hydroxyl groups is 1. The maximum Gasteiger partial charge on any atom is 0.129 e. The van der Waals surface area contributed by atoms with E-state index in [1.165, 1.54) is 0 Å². The van der Waals surface area contributed by atoms with E-state index in [2.05, 4.69) is 17.6 Å². The number of rotatable bonds is 4. The van der Waals surface area contributed by atoms with Gasteiger partial charge in [0.2, 0.25) is 0 Å². The van der Waals surface area contributed by atoms with Crippen molar-refractivity contribution >= 4 is 0 Å². The van der Waals surface area contributed by atoms with Crippen LogP contribution >= 0.6 is 0 Å². The van der Waals surface area contributed by atoms with Gasteiger partial charge < -0.3 is 14.9 Å². The summed E-state index contributed by atoms with van der Waals surface area (Å²) in [5.41, 5.74) is 5.57. The fourth-order valence-corrected chi connectivity index (χ4v) is 1.68. The molecule has 0 aliphatic heterocycles. The van der Waals surface area contributed by atoms with Crippen LogP contribution in [0.1, 0.15) is 22.9 Å². The topological polar surface area (TPSA) is 50.3 Å². The van der Waals surface area contributed by atoms with Gasteiger partial charge in [-0.3, -0.25) is 4.68 Å². The zero-order valence-electron chi connectivity index (χ0n) is 9.53. The monoisotopic (exact) mass is 220 g/mol. The second kappa shape index (κ2) is 4.45. The van der Waals surface area contributed by atoms with Gasteiger partial charge in [-0.15, -0.1) is 0 Å². The highest BCUT2D eigenvalue weighted by Gasteiger charge is 2.03. The van der Waals surface area contributed by atoms with Crippen molar-refractivity contribution in [3.8, 4) is 0 Å². The molecule has 16 heavy (non-hydrogen) atoms. The molecular weight excluding hydrogens is 204 g/mol. The van der Waals surface area contributed by atoms with E-state index in [4.69, 9.17) is 9.52 Å². The normalized spacial score (nSPS) is 10.7. The zero-order valence-corrected chi connectivity index (χ0v) is 9.53. The summed E-state index contributed by atoms with van der Waals surface area (Å²) >= 11 is 0. The summed E-state index contributed by atoms with van der Waals surface area (Å²) in [5, 5.41) is 8.87. The summed E-state index contributed by atoms with van der Waals surface area (Å²) in [5.74, 6) is 1.41. The van der Waals surface area contributed by atoms with Gasteiger partial charge >= 0.3 is 0 Å². The molecule has 0 aromatic carbocycles. The summed E-state index contributed by atoms with van der Waals surface area (Å²) in [6.45, 7) is 4.64. The van der Waals surface area contributed by atoms with Crippen LogP contribution in [0.3, 0.4) is 0 Å².